The van der Waals surface area contributed by atoms with Gasteiger partial charge in [0.2, 0.25) is 5.91 Å². The van der Waals surface area contributed by atoms with E-state index in [1.165, 1.54) is 11.3 Å². The van der Waals surface area contributed by atoms with E-state index in [0.717, 1.165) is 43.0 Å². The average molecular weight is 366 g/mol. The number of para-hydroxylation sites is 1. The minimum Gasteiger partial charge on any atom is -0.497 e. The van der Waals surface area contributed by atoms with Crippen LogP contribution in [0.1, 0.15) is 17.5 Å². The molecule has 2 aromatic carbocycles. The lowest BCUT2D eigenvalue weighted by Crippen LogP contribution is -2.38. The monoisotopic (exact) mass is 366 g/mol. The number of fused-ring (bicyclic) bond motifs is 2. The van der Waals surface area contributed by atoms with Crippen LogP contribution >= 0.6 is 0 Å². The molecule has 2 aliphatic heterocycles. The third-order valence-electron chi connectivity index (χ3n) is 5.44. The Bertz CT molecular complexity index is 821. The molecule has 142 valence electrons. The Morgan fingerprint density at radius 3 is 3.04 bits per heavy atom. The molecule has 5 heteroatoms. The van der Waals surface area contributed by atoms with Crippen molar-refractivity contribution in [2.45, 2.75) is 19.3 Å². The van der Waals surface area contributed by atoms with Gasteiger partial charge in [0, 0.05) is 31.4 Å². The largest absolute Gasteiger partial charge is 0.497 e. The van der Waals surface area contributed by atoms with Crippen LogP contribution in [0, 0.1) is 5.92 Å². The molecule has 1 amide bonds. The number of rotatable bonds is 6. The molecule has 0 saturated heterocycles. The summed E-state index contributed by atoms with van der Waals surface area (Å²) in [4.78, 5) is 14.9. The van der Waals surface area contributed by atoms with Crippen LogP contribution in [0.25, 0.3) is 0 Å². The number of hydrogen-bond acceptors (Lipinski definition) is 4. The van der Waals surface area contributed by atoms with Crippen molar-refractivity contribution >= 4 is 11.6 Å². The van der Waals surface area contributed by atoms with E-state index in [0.29, 0.717) is 19.6 Å². The van der Waals surface area contributed by atoms with Crippen molar-refractivity contribution < 1.29 is 14.3 Å². The first-order valence-electron chi connectivity index (χ1n) is 9.65. The molecule has 0 saturated carbocycles. The van der Waals surface area contributed by atoms with Crippen LogP contribution < -0.4 is 19.7 Å². The number of nitrogens with zero attached hydrogens (tertiary/aromatic N) is 1. The zero-order chi connectivity index (χ0) is 18.6. The summed E-state index contributed by atoms with van der Waals surface area (Å²) in [6.45, 7) is 3.17. The summed E-state index contributed by atoms with van der Waals surface area (Å²) in [6, 6.07) is 14.4. The maximum atomic E-state index is 12.5. The van der Waals surface area contributed by atoms with Crippen molar-refractivity contribution in [2.75, 3.05) is 38.3 Å². The third-order valence-corrected chi connectivity index (χ3v) is 5.44. The molecule has 2 aliphatic rings. The van der Waals surface area contributed by atoms with Gasteiger partial charge in [-0.15, -0.1) is 0 Å². The van der Waals surface area contributed by atoms with E-state index in [9.17, 15) is 4.79 Å². The van der Waals surface area contributed by atoms with Crippen LogP contribution in [0.3, 0.4) is 0 Å². The van der Waals surface area contributed by atoms with Crippen molar-refractivity contribution in [3.63, 3.8) is 0 Å². The fraction of sp³-hybridized carbons (Fsp3) is 0.409. The van der Waals surface area contributed by atoms with Crippen molar-refractivity contribution in [3.8, 4) is 11.5 Å². The normalized spacial score (nSPS) is 17.7. The Hall–Kier alpha value is -2.69. The number of carbonyl (C=O) groups excluding carboxylic acids is 1. The zero-order valence-corrected chi connectivity index (χ0v) is 15.7. The summed E-state index contributed by atoms with van der Waals surface area (Å²) < 4.78 is 11.0. The SMILES string of the molecule is COc1ccc2c(c1)OC[C@@H](C(=O)NCCCN1CCc3ccccc31)C2. The number of benzene rings is 2. The maximum absolute atomic E-state index is 12.5. The summed E-state index contributed by atoms with van der Waals surface area (Å²) >= 11 is 0. The van der Waals surface area contributed by atoms with Crippen molar-refractivity contribution in [1.29, 1.82) is 0 Å². The lowest BCUT2D eigenvalue weighted by molar-refractivity contribution is -0.126. The van der Waals surface area contributed by atoms with Crippen molar-refractivity contribution in [1.82, 2.24) is 5.32 Å². The third kappa shape index (κ3) is 3.87. The molecule has 0 radical (unpaired) electrons. The molecule has 0 bridgehead atoms. The number of ether oxygens (including phenoxy) is 2. The van der Waals surface area contributed by atoms with Gasteiger partial charge in [0.25, 0.3) is 0 Å². The van der Waals surface area contributed by atoms with Crippen LogP contribution in [0.4, 0.5) is 5.69 Å². The van der Waals surface area contributed by atoms with Gasteiger partial charge in [0.15, 0.2) is 0 Å². The maximum Gasteiger partial charge on any atom is 0.226 e. The summed E-state index contributed by atoms with van der Waals surface area (Å²) in [6.07, 6.45) is 2.78. The van der Waals surface area contributed by atoms with Gasteiger partial charge < -0.3 is 19.7 Å². The van der Waals surface area contributed by atoms with Gasteiger partial charge in [-0.2, -0.15) is 0 Å². The Morgan fingerprint density at radius 1 is 1.26 bits per heavy atom. The highest BCUT2D eigenvalue weighted by molar-refractivity contribution is 5.79. The zero-order valence-electron chi connectivity index (χ0n) is 15.7. The highest BCUT2D eigenvalue weighted by atomic mass is 16.5. The van der Waals surface area contributed by atoms with Gasteiger partial charge in [-0.1, -0.05) is 24.3 Å². The van der Waals surface area contributed by atoms with Crippen molar-refractivity contribution in [3.05, 3.63) is 53.6 Å². The molecular formula is C22H26N2O3. The first kappa shape index (κ1) is 17.7. The number of methoxy groups -OCH3 is 1. The highest BCUT2D eigenvalue weighted by Crippen LogP contribution is 2.31. The smallest absolute Gasteiger partial charge is 0.226 e. The second-order valence-corrected chi connectivity index (χ2v) is 7.20. The van der Waals surface area contributed by atoms with Crippen LogP contribution in [0.5, 0.6) is 11.5 Å². The van der Waals surface area contributed by atoms with Crippen LogP contribution in [-0.4, -0.2) is 39.3 Å². The summed E-state index contributed by atoms with van der Waals surface area (Å²) in [5.74, 6) is 1.56. The molecule has 4 rings (SSSR count). The number of nitrogens with one attached hydrogen (secondary N) is 1. The molecule has 0 aliphatic carbocycles. The lowest BCUT2D eigenvalue weighted by Gasteiger charge is -2.25. The quantitative estimate of drug-likeness (QED) is 0.799. The van der Waals surface area contributed by atoms with Gasteiger partial charge in [-0.25, -0.2) is 0 Å². The fourth-order valence-corrected chi connectivity index (χ4v) is 3.91. The summed E-state index contributed by atoms with van der Waals surface area (Å²) in [5.41, 5.74) is 3.84. The van der Waals surface area contributed by atoms with Crippen molar-refractivity contribution in [2.24, 2.45) is 5.92 Å². The Kier molecular flexibility index (Phi) is 5.19. The molecule has 2 heterocycles. The van der Waals surface area contributed by atoms with Gasteiger partial charge in [0.05, 0.1) is 13.0 Å². The minimum atomic E-state index is -0.126. The predicted molar refractivity (Wildman–Crippen MR) is 106 cm³/mol. The second kappa shape index (κ2) is 7.91. The van der Waals surface area contributed by atoms with Gasteiger partial charge >= 0.3 is 0 Å². The van der Waals surface area contributed by atoms with E-state index in [4.69, 9.17) is 9.47 Å². The minimum absolute atomic E-state index is 0.0818. The fourth-order valence-electron chi connectivity index (χ4n) is 3.91. The molecule has 0 unspecified atom stereocenters. The molecule has 0 spiro atoms. The van der Waals surface area contributed by atoms with Crippen LogP contribution in [0.15, 0.2) is 42.5 Å². The Balaban J connectivity index is 1.23. The van der Waals surface area contributed by atoms with E-state index in [-0.39, 0.29) is 11.8 Å². The molecular weight excluding hydrogens is 340 g/mol. The molecule has 0 fully saturated rings. The average Bonchev–Trinajstić information content (AvgIpc) is 3.13. The van der Waals surface area contributed by atoms with E-state index in [2.05, 4.69) is 34.5 Å². The lowest BCUT2D eigenvalue weighted by atomic mass is 9.96. The molecule has 5 nitrogen and oxygen atoms in total. The predicted octanol–water partition coefficient (Wildman–Crippen LogP) is 2.82. The summed E-state index contributed by atoms with van der Waals surface area (Å²) in [5, 5.41) is 3.08. The van der Waals surface area contributed by atoms with Gasteiger partial charge in [0.1, 0.15) is 18.1 Å². The van der Waals surface area contributed by atoms with E-state index in [1.54, 1.807) is 7.11 Å². The molecule has 27 heavy (non-hydrogen) atoms. The summed E-state index contributed by atoms with van der Waals surface area (Å²) in [7, 11) is 1.64. The van der Waals surface area contributed by atoms with E-state index in [1.807, 2.05) is 18.2 Å². The van der Waals surface area contributed by atoms with E-state index < -0.39 is 0 Å². The topological polar surface area (TPSA) is 50.8 Å². The number of hydrogen-bond donors (Lipinski definition) is 1. The molecule has 2 aromatic rings. The molecule has 1 atom stereocenters. The number of amides is 1. The van der Waals surface area contributed by atoms with Gasteiger partial charge in [-0.05, 0) is 42.5 Å². The standard InChI is InChI=1S/C22H26N2O3/c1-26-19-8-7-17-13-18(15-27-21(17)14-19)22(25)23-10-4-11-24-12-9-16-5-2-3-6-20(16)24/h2-3,5-8,14,18H,4,9-13,15H2,1H3,(H,23,25)/t18-/m0/s1. The van der Waals surface area contributed by atoms with E-state index >= 15 is 0 Å². The van der Waals surface area contributed by atoms with Crippen LogP contribution in [0.2, 0.25) is 0 Å². The first-order valence-corrected chi connectivity index (χ1v) is 9.65. The highest BCUT2D eigenvalue weighted by Gasteiger charge is 2.26. The van der Waals surface area contributed by atoms with Gasteiger partial charge in [-0.3, -0.25) is 4.79 Å². The molecule has 0 aromatic heterocycles. The van der Waals surface area contributed by atoms with Crippen LogP contribution in [-0.2, 0) is 17.6 Å². The molecule has 1 N–H and O–H groups in total. The Labute approximate surface area is 160 Å². The number of anilines is 1. The number of carbonyl (C=O) groups is 1. The first-order chi connectivity index (χ1) is 13.2. The second-order valence-electron chi connectivity index (χ2n) is 7.20. The Morgan fingerprint density at radius 2 is 2.15 bits per heavy atom.